The predicted molar refractivity (Wildman–Crippen MR) is 61.5 cm³/mol. The monoisotopic (exact) mass is 342 g/mol. The third kappa shape index (κ3) is 2.53. The van der Waals surface area contributed by atoms with E-state index in [2.05, 4.69) is 31.9 Å². The first kappa shape index (κ1) is 13.0. The van der Waals surface area contributed by atoms with Crippen LogP contribution in [0.2, 0.25) is 0 Å². The fourth-order valence-electron chi connectivity index (χ4n) is 2.06. The van der Waals surface area contributed by atoms with Gasteiger partial charge in [0.05, 0.1) is 11.8 Å². The molecule has 6 heteroatoms. The van der Waals surface area contributed by atoms with Crippen LogP contribution < -0.4 is 0 Å². The molecule has 2 N–H and O–H groups in total. The lowest BCUT2D eigenvalue weighted by Gasteiger charge is -2.38. The molecule has 0 heterocycles. The zero-order chi connectivity index (χ0) is 11.7. The maximum absolute atomic E-state index is 11.0. The molecule has 0 unspecified atom stereocenters. The van der Waals surface area contributed by atoms with Gasteiger partial charge in [-0.2, -0.15) is 0 Å². The highest BCUT2D eigenvalue weighted by atomic mass is 79.9. The van der Waals surface area contributed by atoms with Crippen molar-refractivity contribution in [2.24, 2.45) is 17.8 Å². The van der Waals surface area contributed by atoms with E-state index in [1.807, 2.05) is 0 Å². The van der Waals surface area contributed by atoms with Gasteiger partial charge in [0.2, 0.25) is 0 Å². The molecule has 0 aliphatic heterocycles. The topological polar surface area (TPSA) is 74.6 Å². The van der Waals surface area contributed by atoms with Crippen molar-refractivity contribution in [3.63, 3.8) is 0 Å². The number of carboxylic acid groups (broad SMARTS) is 2. The van der Waals surface area contributed by atoms with Crippen LogP contribution in [0.3, 0.4) is 0 Å². The summed E-state index contributed by atoms with van der Waals surface area (Å²) < 4.78 is 0. The summed E-state index contributed by atoms with van der Waals surface area (Å²) in [6.45, 7) is 1.77. The summed E-state index contributed by atoms with van der Waals surface area (Å²) in [6.07, 6.45) is 0.340. The lowest BCUT2D eigenvalue weighted by atomic mass is 9.72. The molecule has 1 rings (SSSR count). The van der Waals surface area contributed by atoms with Crippen LogP contribution in [0.4, 0.5) is 0 Å². The summed E-state index contributed by atoms with van der Waals surface area (Å²) >= 11 is 6.78. The maximum Gasteiger partial charge on any atom is 0.307 e. The van der Waals surface area contributed by atoms with Gasteiger partial charge in [-0.25, -0.2) is 0 Å². The van der Waals surface area contributed by atoms with Gasteiger partial charge in [-0.05, 0) is 12.3 Å². The van der Waals surface area contributed by atoms with Crippen molar-refractivity contribution < 1.29 is 19.8 Å². The number of hydrogen-bond donors (Lipinski definition) is 2. The molecule has 0 aromatic rings. The number of hydrogen-bond acceptors (Lipinski definition) is 2. The number of alkyl halides is 2. The van der Waals surface area contributed by atoms with Gasteiger partial charge in [-0.3, -0.25) is 9.59 Å². The van der Waals surface area contributed by atoms with Crippen LogP contribution in [0.1, 0.15) is 13.3 Å². The second-order valence-corrected chi connectivity index (χ2v) is 6.10. The summed E-state index contributed by atoms with van der Waals surface area (Å²) in [5, 5.41) is 18.0. The van der Waals surface area contributed by atoms with Crippen LogP contribution in [-0.4, -0.2) is 31.8 Å². The Morgan fingerprint density at radius 3 is 2.13 bits per heavy atom. The van der Waals surface area contributed by atoms with Crippen LogP contribution >= 0.6 is 31.9 Å². The third-order valence-corrected chi connectivity index (χ3v) is 6.05. The Morgan fingerprint density at radius 1 is 1.20 bits per heavy atom. The number of rotatable bonds is 2. The average Bonchev–Trinajstić information content (AvgIpc) is 2.12. The minimum Gasteiger partial charge on any atom is -0.481 e. The second kappa shape index (κ2) is 4.82. The summed E-state index contributed by atoms with van der Waals surface area (Å²) in [5.41, 5.74) is 0. The molecule has 4 nitrogen and oxygen atoms in total. The predicted octanol–water partition coefficient (Wildman–Crippen LogP) is 1.95. The van der Waals surface area contributed by atoms with Crippen molar-refractivity contribution in [3.05, 3.63) is 0 Å². The minimum atomic E-state index is -1.03. The van der Waals surface area contributed by atoms with Gasteiger partial charge in [0.15, 0.2) is 0 Å². The van der Waals surface area contributed by atoms with Crippen LogP contribution in [0.15, 0.2) is 0 Å². The highest BCUT2D eigenvalue weighted by molar-refractivity contribution is 9.12. The molecule has 0 aromatic heterocycles. The van der Waals surface area contributed by atoms with E-state index in [9.17, 15) is 9.59 Å². The molecule has 15 heavy (non-hydrogen) atoms. The Balaban J connectivity index is 2.96. The van der Waals surface area contributed by atoms with Gasteiger partial charge in [0.1, 0.15) is 0 Å². The van der Waals surface area contributed by atoms with Crippen molar-refractivity contribution >= 4 is 43.8 Å². The van der Waals surface area contributed by atoms with Crippen molar-refractivity contribution in [2.75, 3.05) is 0 Å². The van der Waals surface area contributed by atoms with E-state index in [-0.39, 0.29) is 15.6 Å². The van der Waals surface area contributed by atoms with E-state index in [1.165, 1.54) is 0 Å². The first-order valence-corrected chi connectivity index (χ1v) is 6.43. The highest BCUT2D eigenvalue weighted by Crippen LogP contribution is 2.42. The Bertz CT molecular complexity index is 281. The van der Waals surface area contributed by atoms with Gasteiger partial charge in [-0.1, -0.05) is 38.8 Å². The zero-order valence-corrected chi connectivity index (χ0v) is 11.2. The second-order valence-electron chi connectivity index (χ2n) is 3.86. The molecular weight excluding hydrogens is 332 g/mol. The first-order valence-electron chi connectivity index (χ1n) is 4.60. The molecule has 0 aromatic carbocycles. The van der Waals surface area contributed by atoms with Gasteiger partial charge in [0, 0.05) is 9.65 Å². The summed E-state index contributed by atoms with van der Waals surface area (Å²) in [7, 11) is 0. The van der Waals surface area contributed by atoms with Crippen molar-refractivity contribution in [1.29, 1.82) is 0 Å². The number of carbonyl (C=O) groups is 2. The number of halogens is 2. The third-order valence-electron chi connectivity index (χ3n) is 2.93. The van der Waals surface area contributed by atoms with E-state index >= 15 is 0 Å². The van der Waals surface area contributed by atoms with Crippen LogP contribution in [0.25, 0.3) is 0 Å². The molecule has 86 valence electrons. The Kier molecular flexibility index (Phi) is 4.17. The Labute approximate surface area is 104 Å². The molecule has 1 fully saturated rings. The smallest absolute Gasteiger partial charge is 0.307 e. The minimum absolute atomic E-state index is 0.00389. The maximum atomic E-state index is 11.0. The van der Waals surface area contributed by atoms with Crippen LogP contribution in [-0.2, 0) is 9.59 Å². The van der Waals surface area contributed by atoms with Crippen LogP contribution in [0.5, 0.6) is 0 Å². The van der Waals surface area contributed by atoms with E-state index in [4.69, 9.17) is 10.2 Å². The fraction of sp³-hybridized carbons (Fsp3) is 0.778. The first-order chi connectivity index (χ1) is 6.86. The average molecular weight is 344 g/mol. The molecule has 0 radical (unpaired) electrons. The molecule has 1 saturated carbocycles. The molecule has 5 atom stereocenters. The Morgan fingerprint density at radius 2 is 1.73 bits per heavy atom. The summed E-state index contributed by atoms with van der Waals surface area (Å²) in [5.74, 6) is -3.89. The number of aliphatic carboxylic acids is 2. The van der Waals surface area contributed by atoms with Gasteiger partial charge in [-0.15, -0.1) is 0 Å². The lowest BCUT2D eigenvalue weighted by Crippen LogP contribution is -2.46. The lowest BCUT2D eigenvalue weighted by molar-refractivity contribution is -0.157. The van der Waals surface area contributed by atoms with E-state index in [1.54, 1.807) is 6.92 Å². The largest absolute Gasteiger partial charge is 0.481 e. The SMILES string of the molecule is C[C@@H]1[C@H](Br)[C@H](Br)C[C@@H](C(=O)O)[C@H]1C(=O)O. The molecule has 0 amide bonds. The molecule has 1 aliphatic carbocycles. The molecule has 0 bridgehead atoms. The Hall–Kier alpha value is -0.100. The van der Waals surface area contributed by atoms with Gasteiger partial charge < -0.3 is 10.2 Å². The van der Waals surface area contributed by atoms with Gasteiger partial charge in [0.25, 0.3) is 0 Å². The number of carboxylic acids is 2. The quantitative estimate of drug-likeness (QED) is 0.751. The molecular formula is C9H12Br2O4. The highest BCUT2D eigenvalue weighted by Gasteiger charge is 2.47. The molecule has 0 saturated heterocycles. The van der Waals surface area contributed by atoms with E-state index in [0.29, 0.717) is 6.42 Å². The van der Waals surface area contributed by atoms with Crippen molar-refractivity contribution in [3.8, 4) is 0 Å². The summed E-state index contributed by atoms with van der Waals surface area (Å²) in [4.78, 5) is 22.0. The molecule has 1 aliphatic rings. The van der Waals surface area contributed by atoms with Crippen molar-refractivity contribution in [1.82, 2.24) is 0 Å². The molecule has 0 spiro atoms. The van der Waals surface area contributed by atoms with E-state index < -0.39 is 23.8 Å². The fourth-order valence-corrected chi connectivity index (χ4v) is 3.49. The zero-order valence-electron chi connectivity index (χ0n) is 8.06. The summed E-state index contributed by atoms with van der Waals surface area (Å²) in [6, 6.07) is 0. The van der Waals surface area contributed by atoms with Crippen molar-refractivity contribution in [2.45, 2.75) is 23.0 Å². The standard InChI is InChI=1S/C9H12Br2O4/c1-3-6(9(14)15)4(8(12)13)2-5(10)7(3)11/h3-7H,2H2,1H3,(H,12,13)(H,14,15)/t3-,4+,5+,6-,7-/m0/s1. The van der Waals surface area contributed by atoms with Crippen LogP contribution in [0, 0.1) is 17.8 Å². The van der Waals surface area contributed by atoms with E-state index in [0.717, 1.165) is 0 Å². The van der Waals surface area contributed by atoms with Gasteiger partial charge >= 0.3 is 11.9 Å². The normalized spacial score (nSPS) is 41.1.